The Balaban J connectivity index is 1.66. The van der Waals surface area contributed by atoms with E-state index < -0.39 is 0 Å². The van der Waals surface area contributed by atoms with Crippen molar-refractivity contribution in [2.45, 2.75) is 55.3 Å². The summed E-state index contributed by atoms with van der Waals surface area (Å²) in [4.78, 5) is 19.3. The Labute approximate surface area is 142 Å². The molecule has 1 atom stereocenters. The molecular formula is C19H24N2OS. The lowest BCUT2D eigenvalue weighted by Gasteiger charge is -2.32. The van der Waals surface area contributed by atoms with Crippen molar-refractivity contribution in [1.82, 2.24) is 9.88 Å². The molecule has 0 bridgehead atoms. The zero-order chi connectivity index (χ0) is 16.2. The van der Waals surface area contributed by atoms with Crippen molar-refractivity contribution >= 4 is 28.6 Å². The maximum Gasteiger partial charge on any atom is 0.235 e. The highest BCUT2D eigenvalue weighted by atomic mass is 32.2. The van der Waals surface area contributed by atoms with E-state index in [9.17, 15) is 4.79 Å². The molecule has 1 heterocycles. The van der Waals surface area contributed by atoms with Crippen LogP contribution < -0.4 is 0 Å². The predicted molar refractivity (Wildman–Crippen MR) is 96.7 cm³/mol. The van der Waals surface area contributed by atoms with Gasteiger partial charge in [0.15, 0.2) is 0 Å². The van der Waals surface area contributed by atoms with Gasteiger partial charge in [-0.1, -0.05) is 55.3 Å². The molecule has 0 spiro atoms. The van der Waals surface area contributed by atoms with Gasteiger partial charge in [0.05, 0.1) is 15.8 Å². The minimum Gasteiger partial charge on any atom is -0.342 e. The Morgan fingerprint density at radius 3 is 2.70 bits per heavy atom. The van der Waals surface area contributed by atoms with Crippen LogP contribution in [0.25, 0.3) is 10.9 Å². The first-order valence-electron chi connectivity index (χ1n) is 8.44. The van der Waals surface area contributed by atoms with E-state index in [2.05, 4.69) is 17.1 Å². The summed E-state index contributed by atoms with van der Waals surface area (Å²) in [7, 11) is 1.96. The molecule has 0 saturated heterocycles. The lowest BCUT2D eigenvalue weighted by molar-refractivity contribution is -0.131. The van der Waals surface area contributed by atoms with Crippen LogP contribution in [-0.4, -0.2) is 34.1 Å². The summed E-state index contributed by atoms with van der Waals surface area (Å²) >= 11 is 1.56. The fourth-order valence-corrected chi connectivity index (χ4v) is 4.21. The van der Waals surface area contributed by atoms with Crippen LogP contribution in [0.1, 0.15) is 39.0 Å². The van der Waals surface area contributed by atoms with E-state index >= 15 is 0 Å². The molecule has 1 saturated carbocycles. The number of thioether (sulfide) groups is 1. The van der Waals surface area contributed by atoms with Gasteiger partial charge in [0.25, 0.3) is 0 Å². The van der Waals surface area contributed by atoms with E-state index in [0.29, 0.717) is 6.04 Å². The first-order chi connectivity index (χ1) is 11.1. The number of amides is 1. The number of aromatic nitrogens is 1. The Morgan fingerprint density at radius 1 is 1.17 bits per heavy atom. The molecule has 3 rings (SSSR count). The van der Waals surface area contributed by atoms with Crippen LogP contribution >= 0.6 is 11.8 Å². The number of carbonyl (C=O) groups is 1. The Morgan fingerprint density at radius 2 is 1.91 bits per heavy atom. The van der Waals surface area contributed by atoms with E-state index in [0.717, 1.165) is 28.8 Å². The van der Waals surface area contributed by atoms with E-state index in [1.165, 1.54) is 19.3 Å². The van der Waals surface area contributed by atoms with Crippen LogP contribution in [0.2, 0.25) is 0 Å². The molecular weight excluding hydrogens is 304 g/mol. The minimum absolute atomic E-state index is 0.101. The number of nitrogens with zero attached hydrogens (tertiary/aromatic N) is 2. The number of hydrogen-bond donors (Lipinski definition) is 0. The van der Waals surface area contributed by atoms with E-state index in [-0.39, 0.29) is 11.2 Å². The molecule has 3 nitrogen and oxygen atoms in total. The highest BCUT2D eigenvalue weighted by molar-refractivity contribution is 8.00. The van der Waals surface area contributed by atoms with Gasteiger partial charge in [0.2, 0.25) is 5.91 Å². The molecule has 23 heavy (non-hydrogen) atoms. The van der Waals surface area contributed by atoms with Gasteiger partial charge in [-0.05, 0) is 31.9 Å². The molecule has 1 aliphatic carbocycles. The second kappa shape index (κ2) is 7.35. The zero-order valence-corrected chi connectivity index (χ0v) is 14.7. The molecule has 1 amide bonds. The Bertz CT molecular complexity index is 682. The average molecular weight is 328 g/mol. The van der Waals surface area contributed by atoms with Crippen molar-refractivity contribution in [1.29, 1.82) is 0 Å². The summed E-state index contributed by atoms with van der Waals surface area (Å²) in [5.74, 6) is 0.219. The molecule has 1 fully saturated rings. The largest absolute Gasteiger partial charge is 0.342 e. The molecule has 1 unspecified atom stereocenters. The van der Waals surface area contributed by atoms with Crippen LogP contribution in [0.5, 0.6) is 0 Å². The SMILES string of the molecule is CC(Sc1ccc2ccccc2n1)C(=O)N(C)C1CCCCC1. The summed E-state index contributed by atoms with van der Waals surface area (Å²) in [5.41, 5.74) is 0.984. The van der Waals surface area contributed by atoms with Crippen LogP contribution in [0.3, 0.4) is 0 Å². The monoisotopic (exact) mass is 328 g/mol. The third kappa shape index (κ3) is 3.86. The molecule has 0 N–H and O–H groups in total. The molecule has 122 valence electrons. The van der Waals surface area contributed by atoms with Crippen molar-refractivity contribution in [2.75, 3.05) is 7.05 Å². The van der Waals surface area contributed by atoms with Crippen LogP contribution in [-0.2, 0) is 4.79 Å². The summed E-state index contributed by atoms with van der Waals surface area (Å²) in [5, 5.41) is 1.95. The number of carbonyl (C=O) groups excluding carboxylic acids is 1. The van der Waals surface area contributed by atoms with Gasteiger partial charge in [-0.25, -0.2) is 4.98 Å². The molecule has 0 radical (unpaired) electrons. The number of fused-ring (bicyclic) bond motifs is 1. The van der Waals surface area contributed by atoms with Crippen LogP contribution in [0.4, 0.5) is 0 Å². The quantitative estimate of drug-likeness (QED) is 0.774. The number of benzene rings is 1. The minimum atomic E-state index is -0.101. The fraction of sp³-hybridized carbons (Fsp3) is 0.474. The van der Waals surface area contributed by atoms with Gasteiger partial charge in [0.1, 0.15) is 0 Å². The van der Waals surface area contributed by atoms with Crippen molar-refractivity contribution in [2.24, 2.45) is 0 Å². The van der Waals surface area contributed by atoms with Gasteiger partial charge in [-0.15, -0.1) is 0 Å². The van der Waals surface area contributed by atoms with E-state index in [4.69, 9.17) is 0 Å². The smallest absolute Gasteiger partial charge is 0.235 e. The van der Waals surface area contributed by atoms with E-state index in [1.807, 2.05) is 43.1 Å². The van der Waals surface area contributed by atoms with Gasteiger partial charge >= 0.3 is 0 Å². The number of para-hydroxylation sites is 1. The maximum atomic E-state index is 12.7. The summed E-state index contributed by atoms with van der Waals surface area (Å²) in [6, 6.07) is 12.6. The summed E-state index contributed by atoms with van der Waals surface area (Å²) < 4.78 is 0. The second-order valence-corrected chi connectivity index (χ2v) is 7.70. The normalized spacial score (nSPS) is 17.1. The number of pyridine rings is 1. The average Bonchev–Trinajstić information content (AvgIpc) is 2.61. The lowest BCUT2D eigenvalue weighted by atomic mass is 9.94. The van der Waals surface area contributed by atoms with Crippen LogP contribution in [0, 0.1) is 0 Å². The van der Waals surface area contributed by atoms with Gasteiger partial charge in [-0.2, -0.15) is 0 Å². The Kier molecular flexibility index (Phi) is 5.21. The summed E-state index contributed by atoms with van der Waals surface area (Å²) in [6.45, 7) is 1.99. The van der Waals surface area contributed by atoms with Crippen LogP contribution in [0.15, 0.2) is 41.4 Å². The van der Waals surface area contributed by atoms with Gasteiger partial charge in [0, 0.05) is 18.5 Å². The fourth-order valence-electron chi connectivity index (χ4n) is 3.28. The zero-order valence-electron chi connectivity index (χ0n) is 13.9. The van der Waals surface area contributed by atoms with Gasteiger partial charge < -0.3 is 4.90 Å². The topological polar surface area (TPSA) is 33.2 Å². The van der Waals surface area contributed by atoms with Crippen molar-refractivity contribution in [3.63, 3.8) is 0 Å². The standard InChI is InChI=1S/C19H24N2OS/c1-14(19(22)21(2)16-9-4-3-5-10-16)23-18-13-12-15-8-6-7-11-17(15)20-18/h6-8,11-14,16H,3-5,9-10H2,1-2H3. The predicted octanol–water partition coefficient (Wildman–Crippen LogP) is 4.51. The lowest BCUT2D eigenvalue weighted by Crippen LogP contribution is -2.42. The Hall–Kier alpha value is -1.55. The molecule has 0 aliphatic heterocycles. The molecule has 1 aromatic carbocycles. The summed E-state index contributed by atoms with van der Waals surface area (Å²) in [6.07, 6.45) is 6.09. The van der Waals surface area contributed by atoms with Crippen molar-refractivity contribution in [3.05, 3.63) is 36.4 Å². The first-order valence-corrected chi connectivity index (χ1v) is 9.32. The van der Waals surface area contributed by atoms with E-state index in [1.54, 1.807) is 11.8 Å². The number of rotatable bonds is 4. The second-order valence-electron chi connectivity index (χ2n) is 6.34. The highest BCUT2D eigenvalue weighted by Gasteiger charge is 2.26. The number of hydrogen-bond acceptors (Lipinski definition) is 3. The molecule has 4 heteroatoms. The first kappa shape index (κ1) is 16.3. The maximum absolute atomic E-state index is 12.7. The highest BCUT2D eigenvalue weighted by Crippen LogP contribution is 2.27. The van der Waals surface area contributed by atoms with Crippen molar-refractivity contribution < 1.29 is 4.79 Å². The molecule has 1 aliphatic rings. The molecule has 2 aromatic rings. The third-order valence-electron chi connectivity index (χ3n) is 4.69. The van der Waals surface area contributed by atoms with Crippen molar-refractivity contribution in [3.8, 4) is 0 Å². The van der Waals surface area contributed by atoms with Gasteiger partial charge in [-0.3, -0.25) is 4.79 Å². The third-order valence-corrected chi connectivity index (χ3v) is 5.71. The molecule has 1 aromatic heterocycles.